The Kier molecular flexibility index (Phi) is 4.72. The van der Waals surface area contributed by atoms with Gasteiger partial charge in [-0.2, -0.15) is 0 Å². The highest BCUT2D eigenvalue weighted by molar-refractivity contribution is 8.01. The van der Waals surface area contributed by atoms with Crippen LogP contribution in [0.3, 0.4) is 0 Å². The van der Waals surface area contributed by atoms with Gasteiger partial charge in [0, 0.05) is 0 Å². The maximum atomic E-state index is 12.2. The minimum Gasteiger partial charge on any atom is -0.299 e. The number of nitrogens with one attached hydrogen (secondary N) is 3. The zero-order valence-electron chi connectivity index (χ0n) is 11.5. The molecule has 107 valence electrons. The predicted octanol–water partition coefficient (Wildman–Crippen LogP) is 0.911. The van der Waals surface area contributed by atoms with Crippen LogP contribution in [-0.2, 0) is 21.2 Å². The van der Waals surface area contributed by atoms with Crippen molar-refractivity contribution in [1.29, 1.82) is 0 Å². The minimum atomic E-state index is -3.99. The molecule has 1 radical (unpaired) electrons. The second-order valence-corrected chi connectivity index (χ2v) is 7.29. The molecule has 0 aliphatic heterocycles. The van der Waals surface area contributed by atoms with Crippen LogP contribution in [0, 0.1) is 27.7 Å². The third-order valence-corrected chi connectivity index (χ3v) is 6.17. The predicted molar refractivity (Wildman–Crippen MR) is 75.7 cm³/mol. The van der Waals surface area contributed by atoms with Crippen molar-refractivity contribution in [2.45, 2.75) is 32.6 Å². The lowest BCUT2D eigenvalue weighted by Crippen LogP contribution is -2.33. The average Bonchev–Trinajstić information content (AvgIpc) is 2.33. The van der Waals surface area contributed by atoms with Gasteiger partial charge < -0.3 is 0 Å². The van der Waals surface area contributed by atoms with Crippen LogP contribution >= 0.6 is 0 Å². The zero-order valence-corrected chi connectivity index (χ0v) is 13.2. The maximum Gasteiger partial charge on any atom is 0.255 e. The summed E-state index contributed by atoms with van der Waals surface area (Å²) in [6.45, 7) is 7.02. The van der Waals surface area contributed by atoms with Crippen molar-refractivity contribution >= 4 is 26.9 Å². The molecule has 1 unspecified atom stereocenters. The van der Waals surface area contributed by atoms with Gasteiger partial charge in [0.25, 0.3) is 10.0 Å². The first-order valence-electron chi connectivity index (χ1n) is 5.57. The fourth-order valence-electron chi connectivity index (χ4n) is 1.80. The van der Waals surface area contributed by atoms with Gasteiger partial charge in [-0.05, 0) is 57.0 Å². The van der Waals surface area contributed by atoms with Gasteiger partial charge in [-0.3, -0.25) is 5.73 Å². The van der Waals surface area contributed by atoms with E-state index in [2.05, 4.69) is 4.72 Å². The van der Waals surface area contributed by atoms with E-state index in [0.29, 0.717) is 11.1 Å². The highest BCUT2D eigenvalue weighted by Gasteiger charge is 2.26. The monoisotopic (exact) mass is 304 g/mol. The molecular formula is C11H18N3O3S2. The second-order valence-electron chi connectivity index (χ2n) is 4.26. The minimum absolute atomic E-state index is 0.0544. The van der Waals surface area contributed by atoms with Crippen LogP contribution in [0.15, 0.2) is 4.90 Å². The topological polar surface area (TPSA) is 99.1 Å². The van der Waals surface area contributed by atoms with Crippen LogP contribution < -0.4 is 14.6 Å². The summed E-state index contributed by atoms with van der Waals surface area (Å²) in [4.78, 5) is -0.114. The molecule has 0 saturated carbocycles. The SMILES string of the molecule is CNS(=O)NS(=O)(=O)c1c(C)c(C)c(C)c(C)c1[NH]. The molecule has 0 bridgehead atoms. The molecule has 1 aromatic rings. The molecule has 1 atom stereocenters. The third kappa shape index (κ3) is 2.97. The maximum absolute atomic E-state index is 12.2. The van der Waals surface area contributed by atoms with Crippen molar-refractivity contribution < 1.29 is 12.6 Å². The molecule has 19 heavy (non-hydrogen) atoms. The summed E-state index contributed by atoms with van der Waals surface area (Å²) in [6.07, 6.45) is 0. The summed E-state index contributed by atoms with van der Waals surface area (Å²) in [6, 6.07) is 0. The quantitative estimate of drug-likeness (QED) is 0.864. The highest BCUT2D eigenvalue weighted by Crippen LogP contribution is 2.32. The van der Waals surface area contributed by atoms with Gasteiger partial charge in [-0.1, -0.05) is 0 Å². The molecule has 0 spiro atoms. The largest absolute Gasteiger partial charge is 0.299 e. The van der Waals surface area contributed by atoms with Crippen molar-refractivity contribution in [1.82, 2.24) is 14.6 Å². The summed E-state index contributed by atoms with van der Waals surface area (Å²) in [5.41, 5.74) is 10.8. The van der Waals surface area contributed by atoms with E-state index in [-0.39, 0.29) is 10.6 Å². The number of benzene rings is 1. The van der Waals surface area contributed by atoms with Crippen molar-refractivity contribution in [3.8, 4) is 0 Å². The van der Waals surface area contributed by atoms with E-state index in [0.717, 1.165) is 11.1 Å². The first-order valence-corrected chi connectivity index (χ1v) is 8.20. The fourth-order valence-corrected chi connectivity index (χ4v) is 4.24. The van der Waals surface area contributed by atoms with Gasteiger partial charge >= 0.3 is 0 Å². The Bertz CT molecular complexity index is 610. The van der Waals surface area contributed by atoms with Crippen LogP contribution in [0.25, 0.3) is 0 Å². The summed E-state index contributed by atoms with van der Waals surface area (Å²) in [5.74, 6) is 0. The van der Waals surface area contributed by atoms with Crippen molar-refractivity contribution in [3.63, 3.8) is 0 Å². The Balaban J connectivity index is 3.56. The Labute approximate surface area is 116 Å². The number of rotatable bonds is 4. The molecule has 0 aromatic heterocycles. The Morgan fingerprint density at radius 3 is 1.95 bits per heavy atom. The first kappa shape index (κ1) is 16.1. The molecule has 8 heteroatoms. The van der Waals surface area contributed by atoms with Crippen LogP contribution in [0.4, 0.5) is 5.69 Å². The van der Waals surface area contributed by atoms with Gasteiger partial charge in [0.1, 0.15) is 4.90 Å². The molecule has 0 aliphatic rings. The molecule has 0 amide bonds. The van der Waals surface area contributed by atoms with Gasteiger partial charge in [0.2, 0.25) is 0 Å². The fraction of sp³-hybridized carbons (Fsp3) is 0.455. The molecule has 0 aliphatic carbocycles. The molecule has 0 saturated heterocycles. The molecule has 3 N–H and O–H groups in total. The van der Waals surface area contributed by atoms with E-state index in [9.17, 15) is 12.6 Å². The number of hydrogen-bond donors (Lipinski definition) is 2. The van der Waals surface area contributed by atoms with E-state index < -0.39 is 21.2 Å². The summed E-state index contributed by atoms with van der Waals surface area (Å²) < 4.78 is 40.0. The van der Waals surface area contributed by atoms with Crippen LogP contribution in [0.5, 0.6) is 0 Å². The van der Waals surface area contributed by atoms with E-state index in [1.54, 1.807) is 13.8 Å². The summed E-state index contributed by atoms with van der Waals surface area (Å²) in [5, 5.41) is 0. The Morgan fingerprint density at radius 1 is 1.00 bits per heavy atom. The van der Waals surface area contributed by atoms with Gasteiger partial charge in [0.15, 0.2) is 11.2 Å². The normalized spacial score (nSPS) is 13.5. The molecule has 0 heterocycles. The molecule has 0 fully saturated rings. The first-order chi connectivity index (χ1) is 8.63. The summed E-state index contributed by atoms with van der Waals surface area (Å²) in [7, 11) is -2.62. The van der Waals surface area contributed by atoms with Gasteiger partial charge in [0.05, 0.1) is 5.69 Å². The van der Waals surface area contributed by atoms with Crippen LogP contribution in [0.1, 0.15) is 22.3 Å². The smallest absolute Gasteiger partial charge is 0.255 e. The van der Waals surface area contributed by atoms with Crippen molar-refractivity contribution in [2.24, 2.45) is 0 Å². The molecule has 1 rings (SSSR count). The molecular weight excluding hydrogens is 286 g/mol. The Hall–Kier alpha value is -0.960. The van der Waals surface area contributed by atoms with Crippen LogP contribution in [0.2, 0.25) is 0 Å². The van der Waals surface area contributed by atoms with E-state index >= 15 is 0 Å². The highest BCUT2D eigenvalue weighted by atomic mass is 32.3. The second kappa shape index (κ2) is 5.58. The zero-order chi connectivity index (χ0) is 15.0. The standard InChI is InChI=1S/C11H18N3O3S2/c1-6-7(2)9(4)11(10(12)8(6)3)19(16,17)14-18(15)13-5/h12-14H,1-5H3. The lowest BCUT2D eigenvalue weighted by atomic mass is 9.98. The summed E-state index contributed by atoms with van der Waals surface area (Å²) >= 11 is -1.90. The number of hydrogen-bond acceptors (Lipinski definition) is 3. The van der Waals surface area contributed by atoms with E-state index in [1.807, 2.05) is 18.0 Å². The van der Waals surface area contributed by atoms with Crippen molar-refractivity contribution in [3.05, 3.63) is 22.3 Å². The lowest BCUT2D eigenvalue weighted by molar-refractivity contribution is 0.591. The van der Waals surface area contributed by atoms with E-state index in [4.69, 9.17) is 5.73 Å². The van der Waals surface area contributed by atoms with Crippen molar-refractivity contribution in [2.75, 3.05) is 7.05 Å². The van der Waals surface area contributed by atoms with Gasteiger partial charge in [-0.25, -0.2) is 17.3 Å². The van der Waals surface area contributed by atoms with E-state index in [1.165, 1.54) is 7.05 Å². The van der Waals surface area contributed by atoms with Crippen LogP contribution in [-0.4, -0.2) is 19.7 Å². The van der Waals surface area contributed by atoms with Gasteiger partial charge in [-0.15, -0.1) is 4.13 Å². The molecule has 1 aromatic carbocycles. The Morgan fingerprint density at radius 2 is 1.47 bits per heavy atom. The number of sulfonamides is 1. The lowest BCUT2D eigenvalue weighted by Gasteiger charge is -2.17. The molecule has 6 nitrogen and oxygen atoms in total. The average molecular weight is 304 g/mol. The third-order valence-electron chi connectivity index (χ3n) is 3.27.